The second kappa shape index (κ2) is 10.2. The molecule has 0 aliphatic rings. The van der Waals surface area contributed by atoms with Crippen LogP contribution in [0.15, 0.2) is 46.2 Å². The predicted octanol–water partition coefficient (Wildman–Crippen LogP) is 6.47. The van der Waals surface area contributed by atoms with Gasteiger partial charge in [-0.2, -0.15) is 13.2 Å². The molecular formula is C20H21F4NOS2. The van der Waals surface area contributed by atoms with Gasteiger partial charge in [0.05, 0.1) is 17.9 Å². The lowest BCUT2D eigenvalue weighted by atomic mass is 10.1. The van der Waals surface area contributed by atoms with Gasteiger partial charge in [0.1, 0.15) is 5.82 Å². The first-order valence-electron chi connectivity index (χ1n) is 8.69. The molecule has 2 rings (SSSR count). The number of thioether (sulfide) groups is 2. The molecule has 8 heteroatoms. The van der Waals surface area contributed by atoms with Gasteiger partial charge < -0.3 is 5.32 Å². The minimum absolute atomic E-state index is 0.0526. The Bertz CT molecular complexity index is 807. The molecule has 0 heterocycles. The number of carbonyl (C=O) groups is 1. The summed E-state index contributed by atoms with van der Waals surface area (Å²) in [5.41, 5.74) is 1.05. The van der Waals surface area contributed by atoms with E-state index in [-0.39, 0.29) is 17.0 Å². The van der Waals surface area contributed by atoms with Crippen LogP contribution in [0.5, 0.6) is 0 Å². The Hall–Kier alpha value is -1.67. The van der Waals surface area contributed by atoms with Gasteiger partial charge in [-0.3, -0.25) is 4.79 Å². The summed E-state index contributed by atoms with van der Waals surface area (Å²) in [6.07, 6.45) is -3.20. The lowest BCUT2D eigenvalue weighted by molar-refractivity contribution is -0.115. The highest BCUT2D eigenvalue weighted by Gasteiger charge is 2.27. The summed E-state index contributed by atoms with van der Waals surface area (Å²) in [5.74, 6) is -1.16. The van der Waals surface area contributed by atoms with E-state index in [0.29, 0.717) is 17.3 Å². The van der Waals surface area contributed by atoms with Crippen molar-refractivity contribution in [2.75, 3.05) is 16.8 Å². The van der Waals surface area contributed by atoms with Crippen LogP contribution in [0.1, 0.15) is 24.5 Å². The van der Waals surface area contributed by atoms with Gasteiger partial charge in [0.15, 0.2) is 0 Å². The van der Waals surface area contributed by atoms with E-state index in [1.165, 1.54) is 13.0 Å². The third-order valence-electron chi connectivity index (χ3n) is 3.69. The number of hydrogen-bond acceptors (Lipinski definition) is 3. The van der Waals surface area contributed by atoms with E-state index in [1.54, 1.807) is 11.8 Å². The molecule has 0 aliphatic carbocycles. The van der Waals surface area contributed by atoms with Gasteiger partial charge in [0, 0.05) is 9.79 Å². The van der Waals surface area contributed by atoms with Crippen LogP contribution in [0, 0.1) is 12.7 Å². The Labute approximate surface area is 170 Å². The quantitative estimate of drug-likeness (QED) is 0.384. The summed E-state index contributed by atoms with van der Waals surface area (Å²) in [7, 11) is 0. The number of benzene rings is 2. The summed E-state index contributed by atoms with van der Waals surface area (Å²) >= 11 is 2.30. The highest BCUT2D eigenvalue weighted by Crippen LogP contribution is 2.32. The molecule has 0 saturated heterocycles. The molecule has 0 fully saturated rings. The minimum Gasteiger partial charge on any atom is -0.323 e. The van der Waals surface area contributed by atoms with Crippen molar-refractivity contribution in [2.45, 2.75) is 42.7 Å². The number of aryl methyl sites for hydroxylation is 1. The van der Waals surface area contributed by atoms with Crippen molar-refractivity contribution in [1.29, 1.82) is 0 Å². The second-order valence-corrected chi connectivity index (χ2v) is 8.40. The largest absolute Gasteiger partial charge is 0.398 e. The molecule has 2 nitrogen and oxygen atoms in total. The van der Waals surface area contributed by atoms with Crippen molar-refractivity contribution in [1.82, 2.24) is 0 Å². The average Bonchev–Trinajstić information content (AvgIpc) is 2.61. The fraction of sp³-hybridized carbons (Fsp3) is 0.350. The summed E-state index contributed by atoms with van der Waals surface area (Å²) in [6, 6.07) is 9.93. The zero-order valence-corrected chi connectivity index (χ0v) is 17.2. The number of nitrogens with one attached hydrogen (secondary N) is 1. The first kappa shape index (κ1) is 22.6. The minimum atomic E-state index is -4.32. The number of hydrogen-bond donors (Lipinski definition) is 1. The highest BCUT2D eigenvalue weighted by atomic mass is 32.2. The normalized spacial score (nSPS) is 11.5. The van der Waals surface area contributed by atoms with E-state index >= 15 is 0 Å². The van der Waals surface area contributed by atoms with E-state index in [2.05, 4.69) is 12.2 Å². The van der Waals surface area contributed by atoms with E-state index in [0.717, 1.165) is 28.7 Å². The molecular weight excluding hydrogens is 410 g/mol. The molecule has 2 aromatic carbocycles. The number of rotatable bonds is 8. The smallest absolute Gasteiger partial charge is 0.323 e. The topological polar surface area (TPSA) is 29.1 Å². The summed E-state index contributed by atoms with van der Waals surface area (Å²) in [5, 5.41) is 2.46. The average molecular weight is 432 g/mol. The van der Waals surface area contributed by atoms with Crippen LogP contribution in [0.4, 0.5) is 23.2 Å². The van der Waals surface area contributed by atoms with Crippen molar-refractivity contribution >= 4 is 35.1 Å². The van der Waals surface area contributed by atoms with Gasteiger partial charge >= 0.3 is 6.18 Å². The Kier molecular flexibility index (Phi) is 8.24. The number of carbonyl (C=O) groups excluding carboxylic acids is 1. The Morgan fingerprint density at radius 3 is 2.39 bits per heavy atom. The molecule has 0 radical (unpaired) electrons. The lowest BCUT2D eigenvalue weighted by Crippen LogP contribution is -2.16. The van der Waals surface area contributed by atoms with E-state index < -0.39 is 23.7 Å². The van der Waals surface area contributed by atoms with E-state index in [1.807, 2.05) is 24.3 Å². The van der Waals surface area contributed by atoms with Crippen molar-refractivity contribution in [2.24, 2.45) is 0 Å². The Morgan fingerprint density at radius 2 is 1.79 bits per heavy atom. The third-order valence-corrected chi connectivity index (χ3v) is 6.13. The fourth-order valence-electron chi connectivity index (χ4n) is 2.37. The number of anilines is 1. The summed E-state index contributed by atoms with van der Waals surface area (Å²) < 4.78 is 51.4. The fourth-order valence-corrected chi connectivity index (χ4v) is 3.94. The highest BCUT2D eigenvalue weighted by molar-refractivity contribution is 7.99. The van der Waals surface area contributed by atoms with Crippen LogP contribution >= 0.6 is 23.5 Å². The predicted molar refractivity (Wildman–Crippen MR) is 108 cm³/mol. The maximum Gasteiger partial charge on any atom is 0.398 e. The maximum atomic E-state index is 14.1. The van der Waals surface area contributed by atoms with Crippen molar-refractivity contribution in [3.63, 3.8) is 0 Å². The number of halogens is 4. The summed E-state index contributed by atoms with van der Waals surface area (Å²) in [4.78, 5) is 13.6. The second-order valence-electron chi connectivity index (χ2n) is 6.22. The van der Waals surface area contributed by atoms with Crippen LogP contribution in [-0.4, -0.2) is 23.6 Å². The molecule has 2 aromatic rings. The number of alkyl halides is 3. The number of amides is 1. The SMILES string of the molecule is CCCSc1ccc(CC(=O)Nc2cc(SCC(F)(F)F)c(C)cc2F)cc1. The zero-order valence-electron chi connectivity index (χ0n) is 15.5. The monoisotopic (exact) mass is 431 g/mol. The van der Waals surface area contributed by atoms with Crippen LogP contribution < -0.4 is 5.32 Å². The van der Waals surface area contributed by atoms with Crippen LogP contribution in [0.25, 0.3) is 0 Å². The van der Waals surface area contributed by atoms with Crippen LogP contribution in [0.2, 0.25) is 0 Å². The molecule has 152 valence electrons. The van der Waals surface area contributed by atoms with Crippen LogP contribution in [-0.2, 0) is 11.2 Å². The van der Waals surface area contributed by atoms with E-state index in [9.17, 15) is 22.4 Å². The van der Waals surface area contributed by atoms with Crippen molar-refractivity contribution < 1.29 is 22.4 Å². The molecule has 0 bridgehead atoms. The molecule has 0 unspecified atom stereocenters. The molecule has 0 saturated carbocycles. The molecule has 28 heavy (non-hydrogen) atoms. The van der Waals surface area contributed by atoms with Gasteiger partial charge in [-0.05, 0) is 54.5 Å². The molecule has 0 atom stereocenters. The van der Waals surface area contributed by atoms with Gasteiger partial charge in [-0.15, -0.1) is 23.5 Å². The van der Waals surface area contributed by atoms with E-state index in [4.69, 9.17) is 0 Å². The van der Waals surface area contributed by atoms with Gasteiger partial charge in [0.25, 0.3) is 0 Å². The van der Waals surface area contributed by atoms with Gasteiger partial charge in [0.2, 0.25) is 5.91 Å². The summed E-state index contributed by atoms with van der Waals surface area (Å²) in [6.45, 7) is 3.63. The van der Waals surface area contributed by atoms with Gasteiger partial charge in [-0.25, -0.2) is 4.39 Å². The third kappa shape index (κ3) is 7.39. The van der Waals surface area contributed by atoms with Crippen LogP contribution in [0.3, 0.4) is 0 Å². The molecule has 1 N–H and O–H groups in total. The molecule has 0 aliphatic heterocycles. The Balaban J connectivity index is 2.02. The van der Waals surface area contributed by atoms with Gasteiger partial charge in [-0.1, -0.05) is 19.1 Å². The molecule has 1 amide bonds. The standard InChI is InChI=1S/C20H21F4NOS2/c1-3-8-27-15-6-4-14(5-7-15)10-19(26)25-17-11-18(13(2)9-16(17)21)28-12-20(22,23)24/h4-7,9,11H,3,8,10,12H2,1-2H3,(H,25,26). The Morgan fingerprint density at radius 1 is 1.11 bits per heavy atom. The first-order chi connectivity index (χ1) is 13.2. The molecule has 0 spiro atoms. The lowest BCUT2D eigenvalue weighted by Gasteiger charge is -2.12. The zero-order chi connectivity index (χ0) is 20.7. The molecule has 0 aromatic heterocycles. The van der Waals surface area contributed by atoms with Crippen molar-refractivity contribution in [3.8, 4) is 0 Å². The first-order valence-corrected chi connectivity index (χ1v) is 10.7. The maximum absolute atomic E-state index is 14.1. The van der Waals surface area contributed by atoms with Crippen molar-refractivity contribution in [3.05, 3.63) is 53.3 Å².